The first-order valence-corrected chi connectivity index (χ1v) is 11.6. The average Bonchev–Trinajstić information content (AvgIpc) is 2.69. The topological polar surface area (TPSA) is 84.9 Å². The molecule has 2 aromatic rings. The number of sulfone groups is 1. The molecule has 7 nitrogen and oxygen atoms in total. The highest BCUT2D eigenvalue weighted by Gasteiger charge is 2.17. The van der Waals surface area contributed by atoms with E-state index in [2.05, 4.69) is 5.32 Å². The third-order valence-corrected chi connectivity index (χ3v) is 6.12. The number of halogens is 1. The van der Waals surface area contributed by atoms with Gasteiger partial charge in [-0.25, -0.2) is 8.42 Å². The van der Waals surface area contributed by atoms with Gasteiger partial charge in [-0.15, -0.1) is 0 Å². The molecular formula is C21H27ClN2O5S. The van der Waals surface area contributed by atoms with Gasteiger partial charge in [0.25, 0.3) is 0 Å². The number of rotatable bonds is 11. The molecule has 0 aliphatic heterocycles. The lowest BCUT2D eigenvalue weighted by atomic mass is 10.2. The Bertz CT molecular complexity index is 948. The third-order valence-electron chi connectivity index (χ3n) is 4.16. The van der Waals surface area contributed by atoms with Crippen LogP contribution in [0.5, 0.6) is 11.5 Å². The second-order valence-electron chi connectivity index (χ2n) is 6.59. The summed E-state index contributed by atoms with van der Waals surface area (Å²) in [5.74, 6) is 0.810. The minimum absolute atomic E-state index is 0.0489. The molecule has 0 heterocycles. The van der Waals surface area contributed by atoms with Gasteiger partial charge in [-0.3, -0.25) is 9.69 Å². The summed E-state index contributed by atoms with van der Waals surface area (Å²) < 4.78 is 35.9. The molecule has 0 aliphatic carbocycles. The molecule has 0 bridgehead atoms. The van der Waals surface area contributed by atoms with Crippen molar-refractivity contribution in [2.45, 2.75) is 18.7 Å². The van der Waals surface area contributed by atoms with Gasteiger partial charge in [-0.05, 0) is 57.3 Å². The molecule has 0 saturated carbocycles. The van der Waals surface area contributed by atoms with Crippen LogP contribution in [0.2, 0.25) is 5.02 Å². The summed E-state index contributed by atoms with van der Waals surface area (Å²) in [6, 6.07) is 11.2. The Morgan fingerprint density at radius 1 is 1.03 bits per heavy atom. The van der Waals surface area contributed by atoms with E-state index in [-0.39, 0.29) is 29.6 Å². The minimum atomic E-state index is -3.45. The minimum Gasteiger partial charge on any atom is -0.490 e. The molecule has 1 N–H and O–H groups in total. The smallest absolute Gasteiger partial charge is 0.238 e. The summed E-state index contributed by atoms with van der Waals surface area (Å²) in [6.07, 6.45) is 0. The van der Waals surface area contributed by atoms with E-state index >= 15 is 0 Å². The van der Waals surface area contributed by atoms with Crippen molar-refractivity contribution in [1.82, 2.24) is 4.90 Å². The Morgan fingerprint density at radius 2 is 1.67 bits per heavy atom. The molecule has 0 fully saturated rings. The maximum Gasteiger partial charge on any atom is 0.238 e. The Kier molecular flexibility index (Phi) is 8.95. The van der Waals surface area contributed by atoms with Crippen LogP contribution in [0.25, 0.3) is 0 Å². The second kappa shape index (κ2) is 11.2. The highest BCUT2D eigenvalue weighted by molar-refractivity contribution is 7.91. The van der Waals surface area contributed by atoms with Crippen molar-refractivity contribution in [3.05, 3.63) is 47.5 Å². The quantitative estimate of drug-likeness (QED) is 0.559. The summed E-state index contributed by atoms with van der Waals surface area (Å²) in [6.45, 7) is 5.00. The van der Waals surface area contributed by atoms with Gasteiger partial charge in [0, 0.05) is 23.3 Å². The number of amides is 1. The van der Waals surface area contributed by atoms with Gasteiger partial charge in [-0.2, -0.15) is 0 Å². The zero-order chi connectivity index (χ0) is 22.1. The van der Waals surface area contributed by atoms with Gasteiger partial charge in [0.05, 0.1) is 30.4 Å². The summed E-state index contributed by atoms with van der Waals surface area (Å²) in [4.78, 5) is 14.2. The maximum absolute atomic E-state index is 12.4. The molecule has 2 rings (SSSR count). The van der Waals surface area contributed by atoms with E-state index < -0.39 is 9.84 Å². The third kappa shape index (κ3) is 7.19. The van der Waals surface area contributed by atoms with Crippen LogP contribution in [0, 0.1) is 0 Å². The van der Waals surface area contributed by atoms with Crippen LogP contribution < -0.4 is 14.8 Å². The molecule has 164 valence electrons. The maximum atomic E-state index is 12.4. The van der Waals surface area contributed by atoms with E-state index in [4.69, 9.17) is 21.1 Å². The number of anilines is 1. The zero-order valence-electron chi connectivity index (χ0n) is 17.4. The average molecular weight is 455 g/mol. The molecule has 0 unspecified atom stereocenters. The van der Waals surface area contributed by atoms with Crippen LogP contribution in [0.1, 0.15) is 13.8 Å². The van der Waals surface area contributed by atoms with Crippen molar-refractivity contribution < 1.29 is 22.7 Å². The largest absolute Gasteiger partial charge is 0.490 e. The number of hydrogen-bond donors (Lipinski definition) is 1. The monoisotopic (exact) mass is 454 g/mol. The van der Waals surface area contributed by atoms with Crippen LogP contribution >= 0.6 is 11.6 Å². The lowest BCUT2D eigenvalue weighted by Crippen LogP contribution is -2.33. The number of hydrogen-bond acceptors (Lipinski definition) is 6. The SMILES string of the molecule is CCOc1ccc(NC(=O)CN(C)CCS(=O)(=O)c2ccc(Cl)cc2)cc1OCC. The molecule has 9 heteroatoms. The normalized spacial score (nSPS) is 11.4. The van der Waals surface area contributed by atoms with Crippen molar-refractivity contribution in [3.8, 4) is 11.5 Å². The first-order chi connectivity index (χ1) is 14.2. The van der Waals surface area contributed by atoms with Gasteiger partial charge < -0.3 is 14.8 Å². The Hall–Kier alpha value is -2.29. The Morgan fingerprint density at radius 3 is 2.30 bits per heavy atom. The van der Waals surface area contributed by atoms with Crippen LogP contribution in [0.3, 0.4) is 0 Å². The molecule has 0 aromatic heterocycles. The molecule has 2 aromatic carbocycles. The van der Waals surface area contributed by atoms with E-state index in [0.29, 0.717) is 35.4 Å². The molecule has 0 radical (unpaired) electrons. The lowest BCUT2D eigenvalue weighted by Gasteiger charge is -2.17. The first kappa shape index (κ1) is 24.0. The fourth-order valence-corrected chi connectivity index (χ4v) is 4.15. The molecule has 30 heavy (non-hydrogen) atoms. The van der Waals surface area contributed by atoms with Gasteiger partial charge in [-0.1, -0.05) is 11.6 Å². The lowest BCUT2D eigenvalue weighted by molar-refractivity contribution is -0.117. The van der Waals surface area contributed by atoms with Crippen LogP contribution in [-0.2, 0) is 14.6 Å². The van der Waals surface area contributed by atoms with Gasteiger partial charge >= 0.3 is 0 Å². The molecule has 0 spiro atoms. The Balaban J connectivity index is 1.91. The highest BCUT2D eigenvalue weighted by Crippen LogP contribution is 2.30. The molecule has 1 amide bonds. The van der Waals surface area contributed by atoms with Crippen molar-refractivity contribution >= 4 is 33.0 Å². The number of ether oxygens (including phenoxy) is 2. The Labute approximate surface area is 182 Å². The molecular weight excluding hydrogens is 428 g/mol. The van der Waals surface area contributed by atoms with E-state index in [1.54, 1.807) is 42.3 Å². The van der Waals surface area contributed by atoms with Crippen LogP contribution in [0.4, 0.5) is 5.69 Å². The second-order valence-corrected chi connectivity index (χ2v) is 9.13. The van der Waals surface area contributed by atoms with Gasteiger partial charge in [0.2, 0.25) is 5.91 Å². The summed E-state index contributed by atoms with van der Waals surface area (Å²) >= 11 is 5.80. The van der Waals surface area contributed by atoms with E-state index in [1.807, 2.05) is 13.8 Å². The number of nitrogens with one attached hydrogen (secondary N) is 1. The van der Waals surface area contributed by atoms with Gasteiger partial charge in [0.15, 0.2) is 21.3 Å². The number of likely N-dealkylation sites (N-methyl/N-ethyl adjacent to an activating group) is 1. The van der Waals surface area contributed by atoms with Crippen molar-refractivity contribution in [3.63, 3.8) is 0 Å². The number of carbonyl (C=O) groups is 1. The van der Waals surface area contributed by atoms with Gasteiger partial charge in [0.1, 0.15) is 0 Å². The summed E-state index contributed by atoms with van der Waals surface area (Å²) in [5.41, 5.74) is 0.578. The summed E-state index contributed by atoms with van der Waals surface area (Å²) in [5, 5.41) is 3.27. The predicted molar refractivity (Wildman–Crippen MR) is 118 cm³/mol. The fraction of sp³-hybridized carbons (Fsp3) is 0.381. The van der Waals surface area contributed by atoms with Crippen molar-refractivity contribution in [2.75, 3.05) is 44.4 Å². The fourth-order valence-electron chi connectivity index (χ4n) is 2.69. The first-order valence-electron chi connectivity index (χ1n) is 9.61. The predicted octanol–water partition coefficient (Wildman–Crippen LogP) is 3.48. The molecule has 0 aliphatic rings. The summed E-state index contributed by atoms with van der Waals surface area (Å²) in [7, 11) is -1.76. The standard InChI is InChI=1S/C21H27ClN2O5S/c1-4-28-19-11-8-17(14-20(19)29-5-2)23-21(25)15-24(3)12-13-30(26,27)18-9-6-16(22)7-10-18/h6-11,14H,4-5,12-13,15H2,1-3H3,(H,23,25). The zero-order valence-corrected chi connectivity index (χ0v) is 18.9. The number of carbonyl (C=O) groups excluding carboxylic acids is 1. The number of benzene rings is 2. The van der Waals surface area contributed by atoms with Crippen LogP contribution in [0.15, 0.2) is 47.4 Å². The number of nitrogens with zero attached hydrogens (tertiary/aromatic N) is 1. The van der Waals surface area contributed by atoms with Crippen molar-refractivity contribution in [1.29, 1.82) is 0 Å². The van der Waals surface area contributed by atoms with E-state index in [0.717, 1.165) is 0 Å². The highest BCUT2D eigenvalue weighted by atomic mass is 35.5. The van der Waals surface area contributed by atoms with E-state index in [9.17, 15) is 13.2 Å². The molecule has 0 atom stereocenters. The van der Waals surface area contributed by atoms with Crippen LogP contribution in [-0.4, -0.2) is 58.3 Å². The van der Waals surface area contributed by atoms with Crippen molar-refractivity contribution in [2.24, 2.45) is 0 Å². The molecule has 0 saturated heterocycles. The van der Waals surface area contributed by atoms with E-state index in [1.165, 1.54) is 12.1 Å².